The van der Waals surface area contributed by atoms with E-state index in [1.54, 1.807) is 6.92 Å². The fraction of sp³-hybridized carbons (Fsp3) is 0.875. The average Bonchev–Trinajstić information content (AvgIpc) is 1.98. The SMILES string of the molecule is CC(CCCO)C(C)C(=O)O. The highest BCUT2D eigenvalue weighted by Gasteiger charge is 2.18. The zero-order valence-corrected chi connectivity index (χ0v) is 7.08. The van der Waals surface area contributed by atoms with E-state index in [0.29, 0.717) is 6.42 Å². The molecule has 11 heavy (non-hydrogen) atoms. The van der Waals surface area contributed by atoms with Gasteiger partial charge in [0.25, 0.3) is 0 Å². The van der Waals surface area contributed by atoms with Gasteiger partial charge in [-0.25, -0.2) is 0 Å². The van der Waals surface area contributed by atoms with Gasteiger partial charge in [-0.05, 0) is 18.8 Å². The van der Waals surface area contributed by atoms with Gasteiger partial charge in [0, 0.05) is 6.61 Å². The Labute approximate surface area is 67.0 Å². The maximum atomic E-state index is 10.4. The summed E-state index contributed by atoms with van der Waals surface area (Å²) in [4.78, 5) is 10.4. The maximum absolute atomic E-state index is 10.4. The Balaban J connectivity index is 3.63. The van der Waals surface area contributed by atoms with Crippen LogP contribution in [0, 0.1) is 11.8 Å². The molecule has 0 saturated carbocycles. The van der Waals surface area contributed by atoms with Crippen molar-refractivity contribution in [2.75, 3.05) is 6.61 Å². The van der Waals surface area contributed by atoms with Crippen LogP contribution in [-0.2, 0) is 4.79 Å². The minimum Gasteiger partial charge on any atom is -0.481 e. The number of rotatable bonds is 5. The van der Waals surface area contributed by atoms with Crippen LogP contribution in [0.25, 0.3) is 0 Å². The van der Waals surface area contributed by atoms with Crippen LogP contribution in [0.4, 0.5) is 0 Å². The third-order valence-corrected chi connectivity index (χ3v) is 2.06. The highest BCUT2D eigenvalue weighted by molar-refractivity contribution is 5.69. The molecular formula is C8H16O3. The Hall–Kier alpha value is -0.570. The van der Waals surface area contributed by atoms with E-state index in [9.17, 15) is 4.79 Å². The lowest BCUT2D eigenvalue weighted by molar-refractivity contribution is -0.142. The second-order valence-electron chi connectivity index (χ2n) is 2.97. The Morgan fingerprint density at radius 3 is 2.36 bits per heavy atom. The summed E-state index contributed by atoms with van der Waals surface area (Å²) in [6, 6.07) is 0. The Bertz CT molecular complexity index is 123. The van der Waals surface area contributed by atoms with E-state index in [1.807, 2.05) is 6.92 Å². The van der Waals surface area contributed by atoms with Crippen molar-refractivity contribution in [3.63, 3.8) is 0 Å². The third-order valence-electron chi connectivity index (χ3n) is 2.06. The lowest BCUT2D eigenvalue weighted by Crippen LogP contribution is -2.18. The largest absolute Gasteiger partial charge is 0.481 e. The van der Waals surface area contributed by atoms with Crippen molar-refractivity contribution >= 4 is 5.97 Å². The van der Waals surface area contributed by atoms with Gasteiger partial charge in [0.15, 0.2) is 0 Å². The quantitative estimate of drug-likeness (QED) is 0.633. The molecule has 0 aliphatic rings. The number of hydrogen-bond acceptors (Lipinski definition) is 2. The van der Waals surface area contributed by atoms with Crippen LogP contribution < -0.4 is 0 Å². The first-order chi connectivity index (χ1) is 5.09. The summed E-state index contributed by atoms with van der Waals surface area (Å²) in [5.74, 6) is -0.906. The van der Waals surface area contributed by atoms with E-state index in [1.165, 1.54) is 0 Å². The van der Waals surface area contributed by atoms with Crippen LogP contribution in [-0.4, -0.2) is 22.8 Å². The monoisotopic (exact) mass is 160 g/mol. The zero-order chi connectivity index (χ0) is 8.85. The number of hydrogen-bond donors (Lipinski definition) is 2. The van der Waals surface area contributed by atoms with Crippen molar-refractivity contribution in [1.29, 1.82) is 0 Å². The molecule has 66 valence electrons. The lowest BCUT2D eigenvalue weighted by Gasteiger charge is -2.14. The Kier molecular flexibility index (Phi) is 4.86. The summed E-state index contributed by atoms with van der Waals surface area (Å²) in [5.41, 5.74) is 0. The predicted molar refractivity (Wildman–Crippen MR) is 42.3 cm³/mol. The van der Waals surface area contributed by atoms with Gasteiger partial charge in [0.05, 0.1) is 5.92 Å². The van der Waals surface area contributed by atoms with Gasteiger partial charge in [0.2, 0.25) is 0 Å². The third kappa shape index (κ3) is 3.98. The van der Waals surface area contributed by atoms with Gasteiger partial charge in [-0.3, -0.25) is 4.79 Å². The van der Waals surface area contributed by atoms with Crippen molar-refractivity contribution in [3.8, 4) is 0 Å². The second-order valence-corrected chi connectivity index (χ2v) is 2.97. The van der Waals surface area contributed by atoms with Crippen molar-refractivity contribution in [1.82, 2.24) is 0 Å². The molecule has 0 rings (SSSR count). The smallest absolute Gasteiger partial charge is 0.306 e. The molecule has 0 aromatic carbocycles. The number of carboxylic acid groups (broad SMARTS) is 1. The van der Waals surface area contributed by atoms with Crippen LogP contribution in [0.1, 0.15) is 26.7 Å². The van der Waals surface area contributed by atoms with Crippen molar-refractivity contribution in [2.24, 2.45) is 11.8 Å². The fourth-order valence-corrected chi connectivity index (χ4v) is 0.907. The molecule has 2 atom stereocenters. The van der Waals surface area contributed by atoms with Gasteiger partial charge < -0.3 is 10.2 Å². The molecule has 0 aliphatic heterocycles. The average molecular weight is 160 g/mol. The van der Waals surface area contributed by atoms with Crippen LogP contribution in [0.2, 0.25) is 0 Å². The van der Waals surface area contributed by atoms with E-state index < -0.39 is 5.97 Å². The number of carboxylic acids is 1. The Morgan fingerprint density at radius 2 is 2.00 bits per heavy atom. The lowest BCUT2D eigenvalue weighted by atomic mass is 9.92. The molecule has 2 unspecified atom stereocenters. The molecule has 0 aromatic heterocycles. The first-order valence-electron chi connectivity index (χ1n) is 3.93. The second kappa shape index (κ2) is 5.13. The molecule has 0 bridgehead atoms. The standard InChI is InChI=1S/C8H16O3/c1-6(4-3-5-9)7(2)8(10)11/h6-7,9H,3-5H2,1-2H3,(H,10,11). The van der Waals surface area contributed by atoms with Gasteiger partial charge in [0.1, 0.15) is 0 Å². The van der Waals surface area contributed by atoms with Crippen LogP contribution >= 0.6 is 0 Å². The normalized spacial score (nSPS) is 15.9. The summed E-state index contributed by atoms with van der Waals surface area (Å²) < 4.78 is 0. The molecule has 0 spiro atoms. The first kappa shape index (κ1) is 10.4. The van der Waals surface area contributed by atoms with Gasteiger partial charge in [-0.15, -0.1) is 0 Å². The van der Waals surface area contributed by atoms with E-state index >= 15 is 0 Å². The molecule has 0 heterocycles. The summed E-state index contributed by atoms with van der Waals surface area (Å²) >= 11 is 0. The molecule has 0 saturated heterocycles. The van der Waals surface area contributed by atoms with Gasteiger partial charge >= 0.3 is 5.97 Å². The summed E-state index contributed by atoms with van der Waals surface area (Å²) in [7, 11) is 0. The van der Waals surface area contributed by atoms with Crippen LogP contribution in [0.5, 0.6) is 0 Å². The molecule has 2 N–H and O–H groups in total. The van der Waals surface area contributed by atoms with Crippen molar-refractivity contribution in [2.45, 2.75) is 26.7 Å². The molecule has 0 radical (unpaired) electrons. The van der Waals surface area contributed by atoms with Gasteiger partial charge in [-0.2, -0.15) is 0 Å². The number of aliphatic carboxylic acids is 1. The zero-order valence-electron chi connectivity index (χ0n) is 7.08. The highest BCUT2D eigenvalue weighted by Crippen LogP contribution is 2.16. The van der Waals surface area contributed by atoms with E-state index in [2.05, 4.69) is 0 Å². The minimum atomic E-state index is -0.754. The van der Waals surface area contributed by atoms with E-state index in [-0.39, 0.29) is 18.4 Å². The molecule has 3 heteroatoms. The number of aliphatic hydroxyl groups is 1. The molecule has 3 nitrogen and oxygen atoms in total. The maximum Gasteiger partial charge on any atom is 0.306 e. The highest BCUT2D eigenvalue weighted by atomic mass is 16.4. The molecule has 0 amide bonds. The summed E-state index contributed by atoms with van der Waals surface area (Å²) in [6.45, 7) is 3.75. The number of carbonyl (C=O) groups is 1. The molecule has 0 aliphatic carbocycles. The number of aliphatic hydroxyl groups excluding tert-OH is 1. The summed E-state index contributed by atoms with van der Waals surface area (Å²) in [5, 5.41) is 17.1. The predicted octanol–water partition coefficient (Wildman–Crippen LogP) is 1.12. The first-order valence-corrected chi connectivity index (χ1v) is 3.93. The van der Waals surface area contributed by atoms with Crippen molar-refractivity contribution < 1.29 is 15.0 Å². The van der Waals surface area contributed by atoms with E-state index in [4.69, 9.17) is 10.2 Å². The van der Waals surface area contributed by atoms with Crippen molar-refractivity contribution in [3.05, 3.63) is 0 Å². The van der Waals surface area contributed by atoms with Crippen LogP contribution in [0.3, 0.4) is 0 Å². The Morgan fingerprint density at radius 1 is 1.45 bits per heavy atom. The topological polar surface area (TPSA) is 57.5 Å². The van der Waals surface area contributed by atoms with Crippen LogP contribution in [0.15, 0.2) is 0 Å². The van der Waals surface area contributed by atoms with Gasteiger partial charge in [-0.1, -0.05) is 13.8 Å². The molecule has 0 fully saturated rings. The van der Waals surface area contributed by atoms with E-state index in [0.717, 1.165) is 6.42 Å². The fourth-order valence-electron chi connectivity index (χ4n) is 0.907. The minimum absolute atomic E-state index is 0.149. The molecule has 0 aromatic rings. The summed E-state index contributed by atoms with van der Waals surface area (Å²) in [6.07, 6.45) is 1.47. The molecular weight excluding hydrogens is 144 g/mol.